The molecule has 0 aromatic rings. The lowest BCUT2D eigenvalue weighted by Crippen LogP contribution is -2.38. The van der Waals surface area contributed by atoms with Gasteiger partial charge < -0.3 is 20.4 Å². The summed E-state index contributed by atoms with van der Waals surface area (Å²) in [6.07, 6.45) is -3.28. The summed E-state index contributed by atoms with van der Waals surface area (Å²) < 4.78 is 0. The average molecular weight is 182 g/mol. The summed E-state index contributed by atoms with van der Waals surface area (Å²) in [7, 11) is 0. The molecule has 0 amide bonds. The van der Waals surface area contributed by atoms with E-state index in [9.17, 15) is 0 Å². The summed E-state index contributed by atoms with van der Waals surface area (Å²) >= 11 is 3.73. The van der Waals surface area contributed by atoms with Crippen molar-refractivity contribution in [1.29, 1.82) is 0 Å². The highest BCUT2D eigenvalue weighted by atomic mass is 32.1. The molecule has 3 unspecified atom stereocenters. The van der Waals surface area contributed by atoms with Gasteiger partial charge >= 0.3 is 0 Å². The predicted molar refractivity (Wildman–Crippen MR) is 43.6 cm³/mol. The maximum atomic E-state index is 9.06. The zero-order chi connectivity index (χ0) is 8.85. The van der Waals surface area contributed by atoms with Crippen LogP contribution in [0, 0.1) is 0 Å². The van der Waals surface area contributed by atoms with Crippen molar-refractivity contribution in [2.45, 2.75) is 24.7 Å². The van der Waals surface area contributed by atoms with Crippen LogP contribution in [0.1, 0.15) is 6.42 Å². The second-order valence-corrected chi connectivity index (χ2v) is 2.69. The number of rotatable bonds is 5. The Kier molecular flexibility index (Phi) is 5.89. The fraction of sp³-hybridized carbons (Fsp3) is 1.00. The van der Waals surface area contributed by atoms with Crippen LogP contribution in [0.15, 0.2) is 0 Å². The summed E-state index contributed by atoms with van der Waals surface area (Å²) in [5, 5.41) is 35.4. The molecule has 0 aliphatic carbocycles. The minimum absolute atomic E-state index is 0.0615. The molecule has 4 nitrogen and oxygen atoms in total. The van der Waals surface area contributed by atoms with E-state index in [0.717, 1.165) is 0 Å². The van der Waals surface area contributed by atoms with Crippen LogP contribution in [0.5, 0.6) is 0 Å². The van der Waals surface area contributed by atoms with E-state index in [1.165, 1.54) is 0 Å². The van der Waals surface area contributed by atoms with Crippen LogP contribution in [0.2, 0.25) is 0 Å². The summed E-state index contributed by atoms with van der Waals surface area (Å²) in [4.78, 5) is 0. The van der Waals surface area contributed by atoms with Crippen molar-refractivity contribution in [2.75, 3.05) is 12.4 Å². The SMILES string of the molecule is OCCC(O)C(O)C(O)CS. The fourth-order valence-electron chi connectivity index (χ4n) is 0.667. The summed E-state index contributed by atoms with van der Waals surface area (Å²) in [5.41, 5.74) is 0. The van der Waals surface area contributed by atoms with E-state index in [1.807, 2.05) is 0 Å². The van der Waals surface area contributed by atoms with Crippen LogP contribution < -0.4 is 0 Å². The van der Waals surface area contributed by atoms with Gasteiger partial charge in [0.1, 0.15) is 6.10 Å². The monoisotopic (exact) mass is 182 g/mol. The molecule has 0 bridgehead atoms. The molecule has 0 aliphatic heterocycles. The topological polar surface area (TPSA) is 80.9 Å². The van der Waals surface area contributed by atoms with E-state index in [-0.39, 0.29) is 18.8 Å². The Hall–Kier alpha value is 0.190. The van der Waals surface area contributed by atoms with E-state index >= 15 is 0 Å². The first-order valence-electron chi connectivity index (χ1n) is 3.39. The maximum absolute atomic E-state index is 9.06. The van der Waals surface area contributed by atoms with Crippen molar-refractivity contribution in [3.05, 3.63) is 0 Å². The van der Waals surface area contributed by atoms with Gasteiger partial charge in [-0.2, -0.15) is 12.6 Å². The number of aliphatic hydroxyl groups excluding tert-OH is 4. The standard InChI is InChI=1S/C6H14O4S/c7-2-1-4(8)6(10)5(9)3-11/h4-11H,1-3H2. The molecule has 11 heavy (non-hydrogen) atoms. The number of thiol groups is 1. The molecule has 0 rings (SSSR count). The van der Waals surface area contributed by atoms with Crippen LogP contribution in [0.25, 0.3) is 0 Å². The number of hydrogen-bond donors (Lipinski definition) is 5. The highest BCUT2D eigenvalue weighted by molar-refractivity contribution is 7.80. The molecule has 4 N–H and O–H groups in total. The number of aliphatic hydroxyl groups is 4. The smallest absolute Gasteiger partial charge is 0.107 e. The Bertz CT molecular complexity index is 101. The second-order valence-electron chi connectivity index (χ2n) is 2.32. The highest BCUT2D eigenvalue weighted by Gasteiger charge is 2.22. The molecule has 0 spiro atoms. The second kappa shape index (κ2) is 5.79. The lowest BCUT2D eigenvalue weighted by Gasteiger charge is -2.20. The first-order chi connectivity index (χ1) is 5.13. The molecule has 68 valence electrons. The van der Waals surface area contributed by atoms with E-state index in [4.69, 9.17) is 20.4 Å². The summed E-state index contributed by atoms with van der Waals surface area (Å²) in [6.45, 7) is -0.211. The fourth-order valence-corrected chi connectivity index (χ4v) is 0.883. The van der Waals surface area contributed by atoms with Crippen molar-refractivity contribution < 1.29 is 20.4 Å². The largest absolute Gasteiger partial charge is 0.396 e. The zero-order valence-electron chi connectivity index (χ0n) is 6.09. The third-order valence-electron chi connectivity index (χ3n) is 1.40. The van der Waals surface area contributed by atoms with Gasteiger partial charge in [0.25, 0.3) is 0 Å². The van der Waals surface area contributed by atoms with Gasteiger partial charge in [0.15, 0.2) is 0 Å². The molecule has 0 saturated carbocycles. The van der Waals surface area contributed by atoms with Crippen LogP contribution in [0.4, 0.5) is 0 Å². The van der Waals surface area contributed by atoms with Crippen LogP contribution in [0.3, 0.4) is 0 Å². The molecular weight excluding hydrogens is 168 g/mol. The van der Waals surface area contributed by atoms with Crippen molar-refractivity contribution in [3.8, 4) is 0 Å². The van der Waals surface area contributed by atoms with Gasteiger partial charge in [-0.3, -0.25) is 0 Å². The normalized spacial score (nSPS) is 19.4. The molecule has 3 atom stereocenters. The van der Waals surface area contributed by atoms with E-state index in [0.29, 0.717) is 0 Å². The molecule has 0 radical (unpaired) electrons. The van der Waals surface area contributed by atoms with Crippen molar-refractivity contribution >= 4 is 12.6 Å². The minimum atomic E-state index is -1.22. The molecule has 5 heteroatoms. The third kappa shape index (κ3) is 3.93. The first kappa shape index (κ1) is 11.2. The van der Waals surface area contributed by atoms with E-state index < -0.39 is 18.3 Å². The minimum Gasteiger partial charge on any atom is -0.396 e. The number of hydrogen-bond acceptors (Lipinski definition) is 5. The van der Waals surface area contributed by atoms with Gasteiger partial charge in [0.05, 0.1) is 12.2 Å². The van der Waals surface area contributed by atoms with Crippen LogP contribution in [-0.2, 0) is 0 Å². The van der Waals surface area contributed by atoms with Gasteiger partial charge in [-0.1, -0.05) is 0 Å². The third-order valence-corrected chi connectivity index (χ3v) is 1.77. The van der Waals surface area contributed by atoms with Gasteiger partial charge in [0, 0.05) is 12.4 Å². The lowest BCUT2D eigenvalue weighted by atomic mass is 10.1. The Morgan fingerprint density at radius 1 is 1.09 bits per heavy atom. The lowest BCUT2D eigenvalue weighted by molar-refractivity contribution is -0.0567. The molecule has 0 aromatic carbocycles. The molecule has 0 fully saturated rings. The van der Waals surface area contributed by atoms with Crippen molar-refractivity contribution in [3.63, 3.8) is 0 Å². The Balaban J connectivity index is 3.70. The Morgan fingerprint density at radius 3 is 2.00 bits per heavy atom. The van der Waals surface area contributed by atoms with Gasteiger partial charge in [0.2, 0.25) is 0 Å². The average Bonchev–Trinajstić information content (AvgIpc) is 2.02. The van der Waals surface area contributed by atoms with Gasteiger partial charge in [-0.05, 0) is 6.42 Å². The van der Waals surface area contributed by atoms with Gasteiger partial charge in [-0.25, -0.2) is 0 Å². The van der Waals surface area contributed by atoms with Crippen molar-refractivity contribution in [2.24, 2.45) is 0 Å². The van der Waals surface area contributed by atoms with Crippen LogP contribution >= 0.6 is 12.6 Å². The van der Waals surface area contributed by atoms with Crippen LogP contribution in [-0.4, -0.2) is 51.1 Å². The highest BCUT2D eigenvalue weighted by Crippen LogP contribution is 2.04. The van der Waals surface area contributed by atoms with Crippen molar-refractivity contribution in [1.82, 2.24) is 0 Å². The molecular formula is C6H14O4S. The summed E-state index contributed by atoms with van der Waals surface area (Å²) in [5.74, 6) is 0.0870. The molecule has 0 saturated heterocycles. The van der Waals surface area contributed by atoms with E-state index in [1.54, 1.807) is 0 Å². The van der Waals surface area contributed by atoms with E-state index in [2.05, 4.69) is 12.6 Å². The summed E-state index contributed by atoms with van der Waals surface area (Å²) in [6, 6.07) is 0. The molecule has 0 aromatic heterocycles. The maximum Gasteiger partial charge on any atom is 0.107 e. The predicted octanol–water partition coefficient (Wildman–Crippen LogP) is -1.62. The Morgan fingerprint density at radius 2 is 1.64 bits per heavy atom. The van der Waals surface area contributed by atoms with Gasteiger partial charge in [-0.15, -0.1) is 0 Å². The quantitative estimate of drug-likeness (QED) is 0.331. The molecule has 0 heterocycles. The zero-order valence-corrected chi connectivity index (χ0v) is 6.98. The Labute approximate surface area is 70.9 Å². The first-order valence-corrected chi connectivity index (χ1v) is 4.02. The molecule has 0 aliphatic rings.